The zero-order valence-corrected chi connectivity index (χ0v) is 10.5. The van der Waals surface area contributed by atoms with Crippen molar-refractivity contribution in [2.45, 2.75) is 6.92 Å². The molecule has 0 saturated heterocycles. The van der Waals surface area contributed by atoms with E-state index in [4.69, 9.17) is 14.8 Å². The molecule has 0 unspecified atom stereocenters. The van der Waals surface area contributed by atoms with Gasteiger partial charge in [0, 0.05) is 12.1 Å². The van der Waals surface area contributed by atoms with Crippen molar-refractivity contribution in [3.8, 4) is 22.9 Å². The number of hydrogen-bond acceptors (Lipinski definition) is 2. The van der Waals surface area contributed by atoms with Gasteiger partial charge >= 0.3 is 5.97 Å². The van der Waals surface area contributed by atoms with E-state index in [1.807, 2.05) is 0 Å². The highest BCUT2D eigenvalue weighted by Crippen LogP contribution is 2.26. The molecule has 0 aliphatic heterocycles. The van der Waals surface area contributed by atoms with E-state index in [9.17, 15) is 8.78 Å². The first-order valence-electron chi connectivity index (χ1n) is 5.71. The van der Waals surface area contributed by atoms with Gasteiger partial charge in [0.1, 0.15) is 23.3 Å². The quantitative estimate of drug-likeness (QED) is 0.478. The third-order valence-electron chi connectivity index (χ3n) is 2.61. The molecule has 2 rings (SSSR count). The summed E-state index contributed by atoms with van der Waals surface area (Å²) in [4.78, 5) is 8.99. The molecule has 0 aliphatic carbocycles. The molecule has 2 aromatic rings. The molecule has 0 spiro atoms. The zero-order chi connectivity index (χ0) is 14.7. The molecule has 2 aromatic carbocycles. The Morgan fingerprint density at radius 3 is 2.10 bits per heavy atom. The van der Waals surface area contributed by atoms with Gasteiger partial charge in [0.15, 0.2) is 0 Å². The summed E-state index contributed by atoms with van der Waals surface area (Å²) in [6.45, 7) is 1.39. The SMILES string of the molecule is CC(=[OH+])Oc1ccc(-c2cc(F)c(C#N)c(F)c2)cc1. The number of halogens is 2. The predicted octanol–water partition coefficient (Wildman–Crippen LogP) is 3.40. The number of nitriles is 1. The fourth-order valence-corrected chi connectivity index (χ4v) is 1.73. The number of hydrogen-bond donors (Lipinski definition) is 0. The summed E-state index contributed by atoms with van der Waals surface area (Å²) in [7, 11) is 0. The lowest BCUT2D eigenvalue weighted by Crippen LogP contribution is -2.01. The van der Waals surface area contributed by atoms with Crippen LogP contribution in [-0.2, 0) is 0 Å². The number of carbonyl (C=O) groups excluding carboxylic acids is 1. The van der Waals surface area contributed by atoms with Crippen molar-refractivity contribution in [3.05, 3.63) is 53.6 Å². The minimum Gasteiger partial charge on any atom is -0.339 e. The molecule has 0 heterocycles. The van der Waals surface area contributed by atoms with E-state index in [0.717, 1.165) is 12.1 Å². The minimum atomic E-state index is -0.901. The van der Waals surface area contributed by atoms with Gasteiger partial charge in [0.2, 0.25) is 5.75 Å². The average Bonchev–Trinajstić information content (AvgIpc) is 2.38. The Bertz CT molecular complexity index is 680. The van der Waals surface area contributed by atoms with Crippen molar-refractivity contribution in [3.63, 3.8) is 0 Å². The van der Waals surface area contributed by atoms with Gasteiger partial charge in [-0.1, -0.05) is 0 Å². The average molecular weight is 274 g/mol. The van der Waals surface area contributed by atoms with Crippen LogP contribution in [0.1, 0.15) is 12.5 Å². The second-order valence-electron chi connectivity index (χ2n) is 4.07. The maximum Gasteiger partial charge on any atom is 0.485 e. The second-order valence-corrected chi connectivity index (χ2v) is 4.07. The molecule has 1 N–H and O–H groups in total. The molecule has 20 heavy (non-hydrogen) atoms. The fourth-order valence-electron chi connectivity index (χ4n) is 1.73. The Balaban J connectivity index is 2.37. The first-order valence-corrected chi connectivity index (χ1v) is 5.71. The molecule has 0 aliphatic rings. The molecule has 0 amide bonds. The maximum absolute atomic E-state index is 13.5. The van der Waals surface area contributed by atoms with Crippen molar-refractivity contribution in [1.29, 1.82) is 5.26 Å². The van der Waals surface area contributed by atoms with Crippen LogP contribution in [-0.4, -0.2) is 10.8 Å². The fraction of sp³-hybridized carbons (Fsp3) is 0.0667. The molecule has 0 aromatic heterocycles. The summed E-state index contributed by atoms with van der Waals surface area (Å²) in [6, 6.07) is 9.98. The van der Waals surface area contributed by atoms with Gasteiger partial charge in [-0.15, -0.1) is 0 Å². The minimum absolute atomic E-state index is 0.201. The maximum atomic E-state index is 13.5. The van der Waals surface area contributed by atoms with E-state index in [-0.39, 0.29) is 5.97 Å². The highest BCUT2D eigenvalue weighted by molar-refractivity contribution is 5.71. The van der Waals surface area contributed by atoms with Gasteiger partial charge < -0.3 is 4.79 Å². The standard InChI is InChI=1S/C15H9F2NO2/c1-9(19)20-12-4-2-10(3-5-12)11-6-14(16)13(8-18)15(17)7-11/h2-7H,1H3/p+1. The molecule has 5 heteroatoms. The van der Waals surface area contributed by atoms with Crippen LogP contribution in [0, 0.1) is 23.0 Å². The lowest BCUT2D eigenvalue weighted by atomic mass is 10.0. The van der Waals surface area contributed by atoms with Crippen LogP contribution in [0.4, 0.5) is 8.78 Å². The highest BCUT2D eigenvalue weighted by atomic mass is 19.1. The van der Waals surface area contributed by atoms with Gasteiger partial charge in [-0.3, -0.25) is 4.74 Å². The van der Waals surface area contributed by atoms with Crippen LogP contribution in [0.5, 0.6) is 5.75 Å². The Morgan fingerprint density at radius 1 is 1.10 bits per heavy atom. The summed E-state index contributed by atoms with van der Waals surface area (Å²) in [5.74, 6) is -1.60. The first kappa shape index (κ1) is 13.7. The number of ether oxygens (including phenoxy) is 1. The van der Waals surface area contributed by atoms with E-state index in [2.05, 4.69) is 0 Å². The lowest BCUT2D eigenvalue weighted by molar-refractivity contribution is 0.463. The van der Waals surface area contributed by atoms with Gasteiger partial charge in [0.25, 0.3) is 0 Å². The van der Waals surface area contributed by atoms with Gasteiger partial charge in [-0.2, -0.15) is 5.26 Å². The van der Waals surface area contributed by atoms with Crippen LogP contribution < -0.4 is 4.74 Å². The van der Waals surface area contributed by atoms with Crippen LogP contribution in [0.15, 0.2) is 36.4 Å². The third-order valence-corrected chi connectivity index (χ3v) is 2.61. The molecule has 0 bridgehead atoms. The highest BCUT2D eigenvalue weighted by Gasteiger charge is 2.12. The zero-order valence-electron chi connectivity index (χ0n) is 10.5. The Hall–Kier alpha value is -2.74. The molecule has 0 fully saturated rings. The Morgan fingerprint density at radius 2 is 1.65 bits per heavy atom. The van der Waals surface area contributed by atoms with E-state index in [0.29, 0.717) is 16.9 Å². The van der Waals surface area contributed by atoms with E-state index in [1.165, 1.54) is 13.0 Å². The van der Waals surface area contributed by atoms with Crippen LogP contribution in [0.2, 0.25) is 0 Å². The van der Waals surface area contributed by atoms with Crippen molar-refractivity contribution < 1.29 is 18.3 Å². The molecule has 0 radical (unpaired) electrons. The van der Waals surface area contributed by atoms with E-state index >= 15 is 0 Å². The Kier molecular flexibility index (Phi) is 3.76. The summed E-state index contributed by atoms with van der Waals surface area (Å²) in [6.07, 6.45) is 0. The molecular weight excluding hydrogens is 264 g/mol. The topological polar surface area (TPSA) is 54.4 Å². The molecule has 0 atom stereocenters. The number of benzene rings is 2. The van der Waals surface area contributed by atoms with Crippen molar-refractivity contribution >= 4 is 5.97 Å². The Labute approximate surface area is 114 Å². The van der Waals surface area contributed by atoms with Crippen LogP contribution in [0.25, 0.3) is 11.1 Å². The third kappa shape index (κ3) is 2.81. The van der Waals surface area contributed by atoms with Crippen molar-refractivity contribution in [1.82, 2.24) is 0 Å². The van der Waals surface area contributed by atoms with Gasteiger partial charge in [-0.25, -0.2) is 8.78 Å². The van der Waals surface area contributed by atoms with Crippen molar-refractivity contribution in [2.24, 2.45) is 0 Å². The molecule has 100 valence electrons. The second kappa shape index (κ2) is 5.49. The predicted molar refractivity (Wildman–Crippen MR) is 69.8 cm³/mol. The lowest BCUT2D eigenvalue weighted by Gasteiger charge is -2.04. The van der Waals surface area contributed by atoms with Crippen molar-refractivity contribution in [2.75, 3.05) is 0 Å². The number of nitrogens with zero attached hydrogens (tertiary/aromatic N) is 1. The summed E-state index contributed by atoms with van der Waals surface area (Å²) < 4.78 is 32.0. The van der Waals surface area contributed by atoms with E-state index < -0.39 is 17.2 Å². The largest absolute Gasteiger partial charge is 0.485 e. The molecule has 3 nitrogen and oxygen atoms in total. The smallest absolute Gasteiger partial charge is 0.339 e. The first-order chi connectivity index (χ1) is 9.51. The monoisotopic (exact) mass is 274 g/mol. The molecule has 0 saturated carbocycles. The summed E-state index contributed by atoms with van der Waals surface area (Å²) in [5, 5.41) is 8.61. The van der Waals surface area contributed by atoms with E-state index in [1.54, 1.807) is 24.3 Å². The van der Waals surface area contributed by atoms with Gasteiger partial charge in [-0.05, 0) is 35.4 Å². The van der Waals surface area contributed by atoms with Gasteiger partial charge in [0.05, 0.1) is 6.92 Å². The number of esters is 1. The van der Waals surface area contributed by atoms with Crippen LogP contribution >= 0.6 is 0 Å². The normalized spacial score (nSPS) is 9.90. The van der Waals surface area contributed by atoms with Crippen LogP contribution in [0.3, 0.4) is 0 Å². The summed E-state index contributed by atoms with van der Waals surface area (Å²) in [5.41, 5.74) is 0.282. The molecular formula is C15H10F2NO2+. The summed E-state index contributed by atoms with van der Waals surface area (Å²) >= 11 is 0. The number of rotatable bonds is 2.